The highest BCUT2D eigenvalue weighted by Gasteiger charge is 2.35. The molecule has 0 saturated carbocycles. The molecular weight excluding hydrogens is 353 g/mol. The maximum atomic E-state index is 14.0. The number of carbonyl (C=O) groups excluding carboxylic acids is 1. The fourth-order valence-electron chi connectivity index (χ4n) is 4.32. The van der Waals surface area contributed by atoms with E-state index in [1.165, 1.54) is 11.6 Å². The lowest BCUT2D eigenvalue weighted by molar-refractivity contribution is -0.138. The number of hydrogen-bond acceptors (Lipinski definition) is 3. The molecule has 0 spiro atoms. The molecule has 2 aliphatic heterocycles. The zero-order valence-corrected chi connectivity index (χ0v) is 16.3. The van der Waals surface area contributed by atoms with E-state index in [4.69, 9.17) is 0 Å². The topological polar surface area (TPSA) is 26.8 Å². The molecule has 2 aromatic rings. The van der Waals surface area contributed by atoms with Gasteiger partial charge in [0.25, 0.3) is 0 Å². The predicted molar refractivity (Wildman–Crippen MR) is 108 cm³/mol. The molecule has 1 unspecified atom stereocenters. The molecule has 2 fully saturated rings. The number of halogens is 1. The Morgan fingerprint density at radius 3 is 2.36 bits per heavy atom. The molecule has 5 heteroatoms. The third kappa shape index (κ3) is 4.42. The maximum absolute atomic E-state index is 14.0. The number of benzene rings is 2. The van der Waals surface area contributed by atoms with E-state index in [9.17, 15) is 9.18 Å². The SMILES string of the molecule is O=C(C1CCCN1Cc1ccccc1F)N1CCN(Cc2ccccc2)CC1. The molecule has 1 atom stereocenters. The summed E-state index contributed by atoms with van der Waals surface area (Å²) in [5.41, 5.74) is 1.99. The maximum Gasteiger partial charge on any atom is 0.240 e. The number of likely N-dealkylation sites (tertiary alicyclic amines) is 1. The molecule has 148 valence electrons. The van der Waals surface area contributed by atoms with Crippen LogP contribution in [-0.4, -0.2) is 59.4 Å². The number of carbonyl (C=O) groups is 1. The van der Waals surface area contributed by atoms with Crippen molar-refractivity contribution in [3.63, 3.8) is 0 Å². The predicted octanol–water partition coefficient (Wildman–Crippen LogP) is 3.13. The van der Waals surface area contributed by atoms with Crippen molar-refractivity contribution in [3.05, 3.63) is 71.5 Å². The molecule has 2 heterocycles. The molecular formula is C23H28FN3O. The van der Waals surface area contributed by atoms with Crippen molar-refractivity contribution in [1.82, 2.24) is 14.7 Å². The van der Waals surface area contributed by atoms with E-state index >= 15 is 0 Å². The summed E-state index contributed by atoms with van der Waals surface area (Å²) in [6.45, 7) is 5.66. The molecule has 0 N–H and O–H groups in total. The highest BCUT2D eigenvalue weighted by atomic mass is 19.1. The summed E-state index contributed by atoms with van der Waals surface area (Å²) in [5, 5.41) is 0. The van der Waals surface area contributed by atoms with Crippen LogP contribution in [0.5, 0.6) is 0 Å². The van der Waals surface area contributed by atoms with E-state index in [1.54, 1.807) is 6.07 Å². The summed E-state index contributed by atoms with van der Waals surface area (Å²) in [6.07, 6.45) is 1.87. The van der Waals surface area contributed by atoms with Gasteiger partial charge in [0.05, 0.1) is 6.04 Å². The fraction of sp³-hybridized carbons (Fsp3) is 0.435. The second-order valence-electron chi connectivity index (χ2n) is 7.81. The molecule has 0 radical (unpaired) electrons. The van der Waals surface area contributed by atoms with Crippen LogP contribution < -0.4 is 0 Å². The minimum Gasteiger partial charge on any atom is -0.339 e. The van der Waals surface area contributed by atoms with Gasteiger partial charge in [-0.05, 0) is 31.0 Å². The van der Waals surface area contributed by atoms with Crippen LogP contribution in [0, 0.1) is 5.82 Å². The van der Waals surface area contributed by atoms with Gasteiger partial charge >= 0.3 is 0 Å². The Kier molecular flexibility index (Phi) is 6.03. The van der Waals surface area contributed by atoms with Crippen molar-refractivity contribution >= 4 is 5.91 Å². The Labute approximate surface area is 166 Å². The van der Waals surface area contributed by atoms with E-state index in [1.807, 2.05) is 23.1 Å². The normalized spacial score (nSPS) is 21.2. The summed E-state index contributed by atoms with van der Waals surface area (Å²) >= 11 is 0. The molecule has 0 aliphatic carbocycles. The lowest BCUT2D eigenvalue weighted by Crippen LogP contribution is -2.53. The van der Waals surface area contributed by atoms with E-state index in [-0.39, 0.29) is 17.8 Å². The Morgan fingerprint density at radius 1 is 0.893 bits per heavy atom. The Morgan fingerprint density at radius 2 is 1.61 bits per heavy atom. The van der Waals surface area contributed by atoms with Crippen molar-refractivity contribution < 1.29 is 9.18 Å². The zero-order chi connectivity index (χ0) is 19.3. The summed E-state index contributed by atoms with van der Waals surface area (Å²) in [6, 6.07) is 17.2. The van der Waals surface area contributed by atoms with Crippen molar-refractivity contribution in [2.45, 2.75) is 32.0 Å². The van der Waals surface area contributed by atoms with Gasteiger partial charge in [0.2, 0.25) is 5.91 Å². The van der Waals surface area contributed by atoms with Gasteiger partial charge in [0, 0.05) is 44.8 Å². The smallest absolute Gasteiger partial charge is 0.240 e. The first-order chi connectivity index (χ1) is 13.7. The van der Waals surface area contributed by atoms with Gasteiger partial charge in [0.15, 0.2) is 0 Å². The first kappa shape index (κ1) is 19.1. The van der Waals surface area contributed by atoms with E-state index in [0.29, 0.717) is 12.1 Å². The van der Waals surface area contributed by atoms with Gasteiger partial charge in [0.1, 0.15) is 5.82 Å². The number of hydrogen-bond donors (Lipinski definition) is 0. The van der Waals surface area contributed by atoms with Gasteiger partial charge < -0.3 is 4.90 Å². The quantitative estimate of drug-likeness (QED) is 0.796. The molecule has 4 nitrogen and oxygen atoms in total. The van der Waals surface area contributed by atoms with Crippen LogP contribution >= 0.6 is 0 Å². The van der Waals surface area contributed by atoms with Gasteiger partial charge in [-0.15, -0.1) is 0 Å². The number of piperazine rings is 1. The lowest BCUT2D eigenvalue weighted by atomic mass is 10.1. The second-order valence-corrected chi connectivity index (χ2v) is 7.81. The van der Waals surface area contributed by atoms with Crippen molar-refractivity contribution in [3.8, 4) is 0 Å². The van der Waals surface area contributed by atoms with Crippen LogP contribution in [0.15, 0.2) is 54.6 Å². The first-order valence-corrected chi connectivity index (χ1v) is 10.2. The molecule has 0 aromatic heterocycles. The van der Waals surface area contributed by atoms with Crippen LogP contribution in [0.4, 0.5) is 4.39 Å². The zero-order valence-electron chi connectivity index (χ0n) is 16.3. The lowest BCUT2D eigenvalue weighted by Gasteiger charge is -2.37. The van der Waals surface area contributed by atoms with E-state index < -0.39 is 0 Å². The molecule has 0 bridgehead atoms. The molecule has 2 saturated heterocycles. The third-order valence-electron chi connectivity index (χ3n) is 5.91. The van der Waals surface area contributed by atoms with E-state index in [0.717, 1.165) is 52.1 Å². The number of amides is 1. The standard InChI is InChI=1S/C23H28FN3O/c24-21-10-5-4-9-20(21)18-27-12-6-11-22(27)23(28)26-15-13-25(14-16-26)17-19-7-2-1-3-8-19/h1-5,7-10,22H,6,11-18H2. The van der Waals surface area contributed by atoms with Crippen LogP contribution in [0.3, 0.4) is 0 Å². The molecule has 2 aromatic carbocycles. The third-order valence-corrected chi connectivity index (χ3v) is 5.91. The van der Waals surface area contributed by atoms with Crippen molar-refractivity contribution in [2.75, 3.05) is 32.7 Å². The summed E-state index contributed by atoms with van der Waals surface area (Å²) in [5.74, 6) is 0.0309. The van der Waals surface area contributed by atoms with Crippen LogP contribution in [0.25, 0.3) is 0 Å². The summed E-state index contributed by atoms with van der Waals surface area (Å²) in [7, 11) is 0. The second kappa shape index (κ2) is 8.84. The Hall–Kier alpha value is -2.24. The Balaban J connectivity index is 1.32. The van der Waals surface area contributed by atoms with Crippen molar-refractivity contribution in [1.29, 1.82) is 0 Å². The molecule has 1 amide bonds. The number of nitrogens with zero attached hydrogens (tertiary/aromatic N) is 3. The summed E-state index contributed by atoms with van der Waals surface area (Å²) < 4.78 is 14.0. The average Bonchev–Trinajstić information content (AvgIpc) is 3.19. The van der Waals surface area contributed by atoms with Crippen LogP contribution in [0.2, 0.25) is 0 Å². The number of rotatable bonds is 5. The van der Waals surface area contributed by atoms with Gasteiger partial charge in [-0.25, -0.2) is 4.39 Å². The average molecular weight is 381 g/mol. The van der Waals surface area contributed by atoms with E-state index in [2.05, 4.69) is 34.1 Å². The molecule has 2 aliphatic rings. The van der Waals surface area contributed by atoms with Crippen LogP contribution in [-0.2, 0) is 17.9 Å². The van der Waals surface area contributed by atoms with Crippen molar-refractivity contribution in [2.24, 2.45) is 0 Å². The van der Waals surface area contributed by atoms with Gasteiger partial charge in [-0.1, -0.05) is 48.5 Å². The molecule has 4 rings (SSSR count). The minimum absolute atomic E-state index is 0.111. The molecule has 28 heavy (non-hydrogen) atoms. The minimum atomic E-state index is -0.185. The fourth-order valence-corrected chi connectivity index (χ4v) is 4.32. The summed E-state index contributed by atoms with van der Waals surface area (Å²) in [4.78, 5) is 19.7. The van der Waals surface area contributed by atoms with Crippen LogP contribution in [0.1, 0.15) is 24.0 Å². The highest BCUT2D eigenvalue weighted by Crippen LogP contribution is 2.23. The highest BCUT2D eigenvalue weighted by molar-refractivity contribution is 5.82. The van der Waals surface area contributed by atoms with Gasteiger partial charge in [-0.3, -0.25) is 14.6 Å². The van der Waals surface area contributed by atoms with Gasteiger partial charge in [-0.2, -0.15) is 0 Å². The first-order valence-electron chi connectivity index (χ1n) is 10.2. The largest absolute Gasteiger partial charge is 0.339 e. The monoisotopic (exact) mass is 381 g/mol. The Bertz CT molecular complexity index is 789.